The predicted octanol–water partition coefficient (Wildman–Crippen LogP) is 2.87. The van der Waals surface area contributed by atoms with Gasteiger partial charge in [0.05, 0.1) is 18.8 Å². The molecule has 1 aromatic heterocycles. The second-order valence-corrected chi connectivity index (χ2v) is 7.78. The SMILES string of the molecule is Cc1ccc(CN2CCC3(CC2)C[C@H](CC(=O)NC(C)C)CO3)o1. The maximum Gasteiger partial charge on any atom is 0.220 e. The Bertz CT molecular complexity index is 559. The normalized spacial score (nSPS) is 23.9. The van der Waals surface area contributed by atoms with Crippen molar-refractivity contribution >= 4 is 5.91 Å². The smallest absolute Gasteiger partial charge is 0.220 e. The van der Waals surface area contributed by atoms with Crippen LogP contribution in [-0.4, -0.2) is 42.1 Å². The van der Waals surface area contributed by atoms with Crippen LogP contribution >= 0.6 is 0 Å². The molecule has 2 saturated heterocycles. The van der Waals surface area contributed by atoms with Gasteiger partial charge in [0.15, 0.2) is 0 Å². The Morgan fingerprint density at radius 1 is 1.38 bits per heavy atom. The molecular weight excluding hydrogens is 304 g/mol. The second-order valence-electron chi connectivity index (χ2n) is 7.78. The number of hydrogen-bond donors (Lipinski definition) is 1. The van der Waals surface area contributed by atoms with E-state index in [9.17, 15) is 4.79 Å². The Labute approximate surface area is 144 Å². The summed E-state index contributed by atoms with van der Waals surface area (Å²) in [6.07, 6.45) is 3.71. The first-order chi connectivity index (χ1) is 11.4. The van der Waals surface area contributed by atoms with Crippen molar-refractivity contribution in [3.8, 4) is 0 Å². The lowest BCUT2D eigenvalue weighted by atomic mass is 9.84. The van der Waals surface area contributed by atoms with Crippen molar-refractivity contribution in [3.05, 3.63) is 23.7 Å². The molecule has 1 amide bonds. The molecule has 2 aliphatic heterocycles. The number of rotatable bonds is 5. The fourth-order valence-corrected chi connectivity index (χ4v) is 3.97. The second kappa shape index (κ2) is 7.28. The number of furan rings is 1. The van der Waals surface area contributed by atoms with Crippen LogP contribution in [0.2, 0.25) is 0 Å². The van der Waals surface area contributed by atoms with Gasteiger partial charge >= 0.3 is 0 Å². The predicted molar refractivity (Wildman–Crippen MR) is 92.6 cm³/mol. The van der Waals surface area contributed by atoms with Gasteiger partial charge in [-0.15, -0.1) is 0 Å². The van der Waals surface area contributed by atoms with Crippen molar-refractivity contribution < 1.29 is 13.9 Å². The van der Waals surface area contributed by atoms with E-state index in [1.807, 2.05) is 26.8 Å². The summed E-state index contributed by atoms with van der Waals surface area (Å²) in [5.74, 6) is 2.53. The van der Waals surface area contributed by atoms with E-state index in [2.05, 4.69) is 16.3 Å². The number of piperidine rings is 1. The molecule has 2 fully saturated rings. The van der Waals surface area contributed by atoms with Crippen LogP contribution in [0.3, 0.4) is 0 Å². The van der Waals surface area contributed by atoms with Crippen LogP contribution < -0.4 is 5.32 Å². The number of nitrogens with zero attached hydrogens (tertiary/aromatic N) is 1. The first-order valence-electron chi connectivity index (χ1n) is 9.15. The first kappa shape index (κ1) is 17.5. The van der Waals surface area contributed by atoms with Crippen LogP contribution in [-0.2, 0) is 16.1 Å². The van der Waals surface area contributed by atoms with Gasteiger partial charge in [0.1, 0.15) is 11.5 Å². The summed E-state index contributed by atoms with van der Waals surface area (Å²) < 4.78 is 11.9. The van der Waals surface area contributed by atoms with Crippen LogP contribution in [0.1, 0.15) is 51.1 Å². The lowest BCUT2D eigenvalue weighted by Gasteiger charge is -2.38. The number of carbonyl (C=O) groups excluding carboxylic acids is 1. The quantitative estimate of drug-likeness (QED) is 0.899. The molecule has 3 rings (SSSR count). The minimum Gasteiger partial charge on any atom is -0.465 e. The van der Waals surface area contributed by atoms with E-state index < -0.39 is 0 Å². The van der Waals surface area contributed by atoms with Crippen molar-refractivity contribution in [2.75, 3.05) is 19.7 Å². The molecule has 0 saturated carbocycles. The molecule has 134 valence electrons. The van der Waals surface area contributed by atoms with Gasteiger partial charge in [0, 0.05) is 25.6 Å². The van der Waals surface area contributed by atoms with Crippen LogP contribution in [0, 0.1) is 12.8 Å². The molecule has 0 unspecified atom stereocenters. The maximum absolute atomic E-state index is 12.0. The number of likely N-dealkylation sites (tertiary alicyclic amines) is 1. The number of hydrogen-bond acceptors (Lipinski definition) is 4. The number of carbonyl (C=O) groups is 1. The third-order valence-corrected chi connectivity index (χ3v) is 5.15. The largest absolute Gasteiger partial charge is 0.465 e. The third-order valence-electron chi connectivity index (χ3n) is 5.15. The number of aryl methyl sites for hydroxylation is 1. The molecule has 5 nitrogen and oxygen atoms in total. The average Bonchev–Trinajstić information content (AvgIpc) is 3.08. The van der Waals surface area contributed by atoms with E-state index in [0.29, 0.717) is 12.3 Å². The number of nitrogens with one attached hydrogen (secondary N) is 1. The van der Waals surface area contributed by atoms with Crippen molar-refractivity contribution in [1.29, 1.82) is 0 Å². The molecule has 3 heterocycles. The van der Waals surface area contributed by atoms with Gasteiger partial charge in [-0.25, -0.2) is 0 Å². The summed E-state index contributed by atoms with van der Waals surface area (Å²) in [6, 6.07) is 4.30. The van der Waals surface area contributed by atoms with Gasteiger partial charge in [-0.2, -0.15) is 0 Å². The number of ether oxygens (including phenoxy) is 1. The van der Waals surface area contributed by atoms with Crippen LogP contribution in [0.4, 0.5) is 0 Å². The molecule has 1 aromatic rings. The monoisotopic (exact) mass is 334 g/mol. The highest BCUT2D eigenvalue weighted by Crippen LogP contribution is 2.40. The minimum absolute atomic E-state index is 0.00163. The van der Waals surface area contributed by atoms with E-state index in [4.69, 9.17) is 9.15 Å². The van der Waals surface area contributed by atoms with Crippen LogP contribution in [0.25, 0.3) is 0 Å². The van der Waals surface area contributed by atoms with Crippen molar-refractivity contribution in [3.63, 3.8) is 0 Å². The Morgan fingerprint density at radius 2 is 2.12 bits per heavy atom. The molecule has 2 aliphatic rings. The summed E-state index contributed by atoms with van der Waals surface area (Å²) in [5, 5.41) is 2.98. The van der Waals surface area contributed by atoms with E-state index in [1.165, 1.54) is 0 Å². The zero-order valence-corrected chi connectivity index (χ0v) is 15.1. The molecular formula is C19H30N2O3. The lowest BCUT2D eigenvalue weighted by molar-refractivity contribution is -0.122. The highest BCUT2D eigenvalue weighted by atomic mass is 16.5. The van der Waals surface area contributed by atoms with E-state index in [0.717, 1.165) is 57.0 Å². The number of amides is 1. The van der Waals surface area contributed by atoms with Gasteiger partial charge in [0.25, 0.3) is 0 Å². The van der Waals surface area contributed by atoms with Gasteiger partial charge in [0.2, 0.25) is 5.91 Å². The van der Waals surface area contributed by atoms with Crippen LogP contribution in [0.5, 0.6) is 0 Å². The van der Waals surface area contributed by atoms with Gasteiger partial charge < -0.3 is 14.5 Å². The summed E-state index contributed by atoms with van der Waals surface area (Å²) in [7, 11) is 0. The molecule has 0 radical (unpaired) electrons. The fraction of sp³-hybridized carbons (Fsp3) is 0.737. The fourth-order valence-electron chi connectivity index (χ4n) is 3.97. The van der Waals surface area contributed by atoms with Gasteiger partial charge in [-0.05, 0) is 58.1 Å². The van der Waals surface area contributed by atoms with E-state index in [1.54, 1.807) is 0 Å². The lowest BCUT2D eigenvalue weighted by Crippen LogP contribution is -2.43. The molecule has 24 heavy (non-hydrogen) atoms. The zero-order valence-electron chi connectivity index (χ0n) is 15.1. The summed E-state index contributed by atoms with van der Waals surface area (Å²) in [4.78, 5) is 14.4. The molecule has 1 spiro atoms. The molecule has 1 N–H and O–H groups in total. The minimum atomic E-state index is -0.00163. The van der Waals surface area contributed by atoms with Crippen molar-refractivity contribution in [2.24, 2.45) is 5.92 Å². The van der Waals surface area contributed by atoms with Crippen LogP contribution in [0.15, 0.2) is 16.5 Å². The van der Waals surface area contributed by atoms with Crippen molar-refractivity contribution in [2.45, 2.75) is 64.6 Å². The Morgan fingerprint density at radius 3 is 2.75 bits per heavy atom. The average molecular weight is 334 g/mol. The highest BCUT2D eigenvalue weighted by molar-refractivity contribution is 5.76. The molecule has 0 aliphatic carbocycles. The standard InChI is InChI=1S/C19H30N2O3/c1-14(2)20-18(22)10-16-11-19(23-13-16)6-8-21(9-7-19)12-17-5-4-15(3)24-17/h4-5,14,16H,6-13H2,1-3H3,(H,20,22)/t16-/m0/s1. The summed E-state index contributed by atoms with van der Waals surface area (Å²) in [5.41, 5.74) is -0.00163. The van der Waals surface area contributed by atoms with Gasteiger partial charge in [-0.1, -0.05) is 0 Å². The zero-order chi connectivity index (χ0) is 17.2. The Kier molecular flexibility index (Phi) is 5.30. The first-order valence-corrected chi connectivity index (χ1v) is 9.15. The molecule has 5 heteroatoms. The highest BCUT2D eigenvalue weighted by Gasteiger charge is 2.43. The van der Waals surface area contributed by atoms with Crippen molar-refractivity contribution in [1.82, 2.24) is 10.2 Å². The third kappa shape index (κ3) is 4.39. The molecule has 0 aromatic carbocycles. The topological polar surface area (TPSA) is 54.7 Å². The molecule has 0 bridgehead atoms. The Hall–Kier alpha value is -1.33. The van der Waals surface area contributed by atoms with E-state index >= 15 is 0 Å². The summed E-state index contributed by atoms with van der Waals surface area (Å²) >= 11 is 0. The Balaban J connectivity index is 1.45. The molecule has 1 atom stereocenters. The van der Waals surface area contributed by atoms with Gasteiger partial charge in [-0.3, -0.25) is 9.69 Å². The summed E-state index contributed by atoms with van der Waals surface area (Å²) in [6.45, 7) is 9.65. The van der Waals surface area contributed by atoms with E-state index in [-0.39, 0.29) is 17.6 Å². The maximum atomic E-state index is 12.0.